The number of pyridine rings is 1. The lowest BCUT2D eigenvalue weighted by Crippen LogP contribution is -2.42. The smallest absolute Gasteiger partial charge is 0.326 e. The monoisotopic (exact) mass is 517 g/mol. The Morgan fingerprint density at radius 1 is 1.05 bits per heavy atom. The molecule has 1 aromatic heterocycles. The van der Waals surface area contributed by atoms with Crippen molar-refractivity contribution in [3.05, 3.63) is 82.7 Å². The minimum absolute atomic E-state index is 0.0501. The highest BCUT2D eigenvalue weighted by Gasteiger charge is 2.22. The van der Waals surface area contributed by atoms with Gasteiger partial charge in [0.05, 0.1) is 12.3 Å². The van der Waals surface area contributed by atoms with Gasteiger partial charge in [0.15, 0.2) is 0 Å². The number of phenols is 1. The number of hydrogen-bond donors (Lipinski definition) is 4. The minimum atomic E-state index is -1.18. The fraction of sp³-hybridized carbons (Fsp3) is 0.310. The molecule has 9 heteroatoms. The van der Waals surface area contributed by atoms with Crippen LogP contribution < -0.4 is 15.4 Å². The number of hydrogen-bond acceptors (Lipinski definition) is 6. The van der Waals surface area contributed by atoms with Gasteiger partial charge in [0, 0.05) is 23.4 Å². The summed E-state index contributed by atoms with van der Waals surface area (Å²) in [6.45, 7) is 0.541. The van der Waals surface area contributed by atoms with Gasteiger partial charge in [-0.05, 0) is 86.1 Å². The highest BCUT2D eigenvalue weighted by Crippen LogP contribution is 2.24. The zero-order valence-corrected chi connectivity index (χ0v) is 21.0. The van der Waals surface area contributed by atoms with Gasteiger partial charge < -0.3 is 25.6 Å². The summed E-state index contributed by atoms with van der Waals surface area (Å²) >= 11 is 0. The number of carbonyl (C=O) groups is 3. The Morgan fingerprint density at radius 2 is 1.84 bits per heavy atom. The van der Waals surface area contributed by atoms with Gasteiger partial charge in [0.25, 0.3) is 5.91 Å². The number of rotatable bonds is 12. The molecular weight excluding hydrogens is 486 g/mol. The van der Waals surface area contributed by atoms with Crippen LogP contribution in [0.3, 0.4) is 0 Å². The number of nitrogens with one attached hydrogen (secondary N) is 2. The fourth-order valence-corrected chi connectivity index (χ4v) is 4.47. The van der Waals surface area contributed by atoms with Gasteiger partial charge in [0.1, 0.15) is 17.5 Å². The molecule has 0 bridgehead atoms. The third-order valence-corrected chi connectivity index (χ3v) is 6.52. The number of carboxylic acids is 1. The number of phenolic OH excluding ortho intramolecular Hbond substituents is 1. The highest BCUT2D eigenvalue weighted by atomic mass is 16.5. The number of amides is 2. The van der Waals surface area contributed by atoms with Crippen LogP contribution in [0.1, 0.15) is 52.1 Å². The molecule has 0 aliphatic heterocycles. The predicted molar refractivity (Wildman–Crippen MR) is 142 cm³/mol. The van der Waals surface area contributed by atoms with Crippen LogP contribution in [0.5, 0.6) is 11.5 Å². The molecule has 0 fully saturated rings. The summed E-state index contributed by atoms with van der Waals surface area (Å²) < 4.78 is 5.85. The van der Waals surface area contributed by atoms with Crippen molar-refractivity contribution in [2.75, 3.05) is 11.9 Å². The number of benzene rings is 2. The van der Waals surface area contributed by atoms with E-state index < -0.39 is 17.9 Å². The summed E-state index contributed by atoms with van der Waals surface area (Å²) in [5, 5.41) is 24.1. The second-order valence-electron chi connectivity index (χ2n) is 9.27. The maximum Gasteiger partial charge on any atom is 0.326 e. The molecule has 4 N–H and O–H groups in total. The van der Waals surface area contributed by atoms with E-state index in [1.54, 1.807) is 24.3 Å². The second kappa shape index (κ2) is 12.7. The van der Waals surface area contributed by atoms with Crippen LogP contribution in [0.15, 0.2) is 54.6 Å². The molecule has 1 atom stereocenters. The Bertz CT molecular complexity index is 1290. The van der Waals surface area contributed by atoms with Gasteiger partial charge in [0.2, 0.25) is 6.41 Å². The SMILES string of the molecule is O=CNc1cc(C(=O)N[C@@H](Cc2ccc(OCCCc3ccc4c(n3)CCCC4)cc2)C(=O)O)ccc1O. The van der Waals surface area contributed by atoms with E-state index in [1.165, 1.54) is 42.3 Å². The number of aromatic nitrogens is 1. The molecule has 0 saturated heterocycles. The largest absolute Gasteiger partial charge is 0.506 e. The van der Waals surface area contributed by atoms with Crippen molar-refractivity contribution >= 4 is 24.0 Å². The van der Waals surface area contributed by atoms with E-state index in [1.807, 2.05) is 0 Å². The van der Waals surface area contributed by atoms with Gasteiger partial charge in [-0.25, -0.2) is 4.79 Å². The van der Waals surface area contributed by atoms with E-state index in [9.17, 15) is 24.6 Å². The summed E-state index contributed by atoms with van der Waals surface area (Å²) in [6, 6.07) is 14.1. The Labute approximate surface area is 220 Å². The normalized spacial score (nSPS) is 13.2. The maximum atomic E-state index is 12.6. The van der Waals surface area contributed by atoms with Gasteiger partial charge >= 0.3 is 5.97 Å². The average molecular weight is 518 g/mol. The van der Waals surface area contributed by atoms with Crippen LogP contribution in [0.2, 0.25) is 0 Å². The van der Waals surface area contributed by atoms with Crippen LogP contribution in [0.4, 0.5) is 5.69 Å². The molecule has 1 aliphatic rings. The van der Waals surface area contributed by atoms with E-state index in [2.05, 4.69) is 22.8 Å². The Morgan fingerprint density at radius 3 is 2.61 bits per heavy atom. The number of carboxylic acid groups (broad SMARTS) is 1. The molecule has 3 aromatic rings. The van der Waals surface area contributed by atoms with E-state index >= 15 is 0 Å². The number of aliphatic carboxylic acids is 1. The molecule has 38 heavy (non-hydrogen) atoms. The fourth-order valence-electron chi connectivity index (χ4n) is 4.47. The average Bonchev–Trinajstić information content (AvgIpc) is 2.92. The van der Waals surface area contributed by atoms with Gasteiger partial charge in [-0.1, -0.05) is 18.2 Å². The first-order chi connectivity index (χ1) is 18.4. The third kappa shape index (κ3) is 7.09. The van der Waals surface area contributed by atoms with Crippen molar-refractivity contribution in [2.45, 2.75) is 51.0 Å². The lowest BCUT2D eigenvalue weighted by atomic mass is 9.95. The summed E-state index contributed by atoms with van der Waals surface area (Å²) in [4.78, 5) is 39.9. The Hall–Kier alpha value is -4.40. The minimum Gasteiger partial charge on any atom is -0.506 e. The van der Waals surface area contributed by atoms with Crippen molar-refractivity contribution in [1.29, 1.82) is 0 Å². The van der Waals surface area contributed by atoms with Gasteiger partial charge in [-0.2, -0.15) is 0 Å². The van der Waals surface area contributed by atoms with Crippen molar-refractivity contribution in [3.8, 4) is 11.5 Å². The van der Waals surface area contributed by atoms with Crippen molar-refractivity contribution < 1.29 is 29.3 Å². The summed E-state index contributed by atoms with van der Waals surface area (Å²) in [5.41, 5.74) is 4.58. The molecule has 0 spiro atoms. The third-order valence-electron chi connectivity index (χ3n) is 6.52. The van der Waals surface area contributed by atoms with Crippen molar-refractivity contribution in [3.63, 3.8) is 0 Å². The second-order valence-corrected chi connectivity index (χ2v) is 9.27. The van der Waals surface area contributed by atoms with E-state index in [4.69, 9.17) is 9.72 Å². The van der Waals surface area contributed by atoms with Crippen LogP contribution >= 0.6 is 0 Å². The summed E-state index contributed by atoms with van der Waals surface area (Å²) in [7, 11) is 0. The number of aromatic hydroxyl groups is 1. The van der Waals surface area contributed by atoms with Crippen molar-refractivity contribution in [1.82, 2.24) is 10.3 Å². The topological polar surface area (TPSA) is 138 Å². The maximum absolute atomic E-state index is 12.6. The first-order valence-corrected chi connectivity index (χ1v) is 12.7. The van der Waals surface area contributed by atoms with Crippen LogP contribution in [0.25, 0.3) is 0 Å². The number of ether oxygens (including phenoxy) is 1. The van der Waals surface area contributed by atoms with Crippen LogP contribution in [-0.4, -0.2) is 46.1 Å². The molecule has 0 unspecified atom stereocenters. The highest BCUT2D eigenvalue weighted by molar-refractivity contribution is 5.98. The standard InChI is InChI=1S/C29H31N3O6/c33-18-30-25-17-21(10-14-27(25)34)28(35)32-26(29(36)37)16-19-7-12-23(13-8-19)38-15-3-5-22-11-9-20-4-1-2-6-24(20)31-22/h7-14,17-18,26,34H,1-6,15-16H2,(H,30,33)(H,32,35)(H,36,37)/t26-/m0/s1. The molecule has 1 aliphatic carbocycles. The van der Waals surface area contributed by atoms with E-state index in [-0.39, 0.29) is 23.4 Å². The lowest BCUT2D eigenvalue weighted by Gasteiger charge is -2.16. The Balaban J connectivity index is 1.27. The molecular formula is C29H31N3O6. The number of carbonyl (C=O) groups excluding carboxylic acids is 2. The number of nitrogens with zero attached hydrogens (tertiary/aromatic N) is 1. The first kappa shape index (κ1) is 26.7. The summed E-state index contributed by atoms with van der Waals surface area (Å²) in [5.74, 6) is -1.34. The molecule has 0 radical (unpaired) electrons. The number of aryl methyl sites for hydroxylation is 3. The molecule has 1 heterocycles. The molecule has 4 rings (SSSR count). The molecule has 0 saturated carbocycles. The van der Waals surface area contributed by atoms with E-state index in [0.29, 0.717) is 18.8 Å². The van der Waals surface area contributed by atoms with Gasteiger partial charge in [-0.3, -0.25) is 14.6 Å². The molecule has 9 nitrogen and oxygen atoms in total. The molecule has 2 aromatic carbocycles. The van der Waals surface area contributed by atoms with Crippen molar-refractivity contribution in [2.24, 2.45) is 0 Å². The lowest BCUT2D eigenvalue weighted by molar-refractivity contribution is -0.139. The molecule has 198 valence electrons. The van der Waals surface area contributed by atoms with Crippen LogP contribution in [0, 0.1) is 0 Å². The predicted octanol–water partition coefficient (Wildman–Crippen LogP) is 3.67. The molecule has 2 amide bonds. The summed E-state index contributed by atoms with van der Waals surface area (Å²) in [6.07, 6.45) is 6.77. The van der Waals surface area contributed by atoms with Crippen LogP contribution in [-0.2, 0) is 35.3 Å². The zero-order valence-electron chi connectivity index (χ0n) is 21.0. The van der Waals surface area contributed by atoms with E-state index in [0.717, 1.165) is 36.9 Å². The van der Waals surface area contributed by atoms with Gasteiger partial charge in [-0.15, -0.1) is 0 Å². The Kier molecular flexibility index (Phi) is 8.92. The zero-order chi connectivity index (χ0) is 26.9. The quantitative estimate of drug-likeness (QED) is 0.163. The number of anilines is 1. The number of fused-ring (bicyclic) bond motifs is 1. The first-order valence-electron chi connectivity index (χ1n) is 12.7.